The number of phenols is 3. The van der Waals surface area contributed by atoms with Crippen molar-refractivity contribution in [1.29, 1.82) is 0 Å². The molecule has 2 aromatic carbocycles. The van der Waals surface area contributed by atoms with Crippen LogP contribution in [0.15, 0.2) is 24.3 Å². The van der Waals surface area contributed by atoms with E-state index in [1.54, 1.807) is 12.1 Å². The van der Waals surface area contributed by atoms with Crippen LogP contribution >= 0.6 is 0 Å². The van der Waals surface area contributed by atoms with Crippen LogP contribution in [0.2, 0.25) is 0 Å². The first kappa shape index (κ1) is 13.5. The average Bonchev–Trinajstić information content (AvgIpc) is 2.51. The van der Waals surface area contributed by atoms with Crippen molar-refractivity contribution in [3.8, 4) is 28.4 Å². The SMILES string of the molecule is CCN1CCc2cc(O)cc3c2C1Cc1ccc(O)c(O)c1-3. The van der Waals surface area contributed by atoms with E-state index in [2.05, 4.69) is 11.8 Å². The molecule has 0 spiro atoms. The standard InChI is InChI=1S/C18H19NO3/c1-2-19-6-5-11-7-12(20)9-13-16(11)14(19)8-10-3-4-15(21)18(22)17(10)13/h3-4,7,9,14,20-22H,2,5-6,8H2,1H3. The zero-order valence-electron chi connectivity index (χ0n) is 12.5. The lowest BCUT2D eigenvalue weighted by Crippen LogP contribution is -2.38. The topological polar surface area (TPSA) is 63.9 Å². The molecule has 1 heterocycles. The molecule has 0 saturated heterocycles. The fourth-order valence-corrected chi connectivity index (χ4v) is 4.02. The number of fused-ring (bicyclic) bond motifs is 2. The van der Waals surface area contributed by atoms with Crippen LogP contribution in [0.4, 0.5) is 0 Å². The van der Waals surface area contributed by atoms with Gasteiger partial charge in [-0.05, 0) is 59.8 Å². The minimum Gasteiger partial charge on any atom is -0.508 e. The molecule has 0 bridgehead atoms. The van der Waals surface area contributed by atoms with Gasteiger partial charge in [0, 0.05) is 18.2 Å². The fourth-order valence-electron chi connectivity index (χ4n) is 4.02. The molecule has 2 aromatic rings. The van der Waals surface area contributed by atoms with Gasteiger partial charge in [-0.1, -0.05) is 13.0 Å². The molecule has 2 aliphatic rings. The highest BCUT2D eigenvalue weighted by Crippen LogP contribution is 2.51. The lowest BCUT2D eigenvalue weighted by molar-refractivity contribution is 0.192. The fraction of sp³-hybridized carbons (Fsp3) is 0.333. The monoisotopic (exact) mass is 297 g/mol. The third-order valence-corrected chi connectivity index (χ3v) is 5.02. The number of benzene rings is 2. The minimum atomic E-state index is -0.113. The maximum Gasteiger partial charge on any atom is 0.165 e. The van der Waals surface area contributed by atoms with Crippen LogP contribution in [0.3, 0.4) is 0 Å². The van der Waals surface area contributed by atoms with Gasteiger partial charge in [-0.15, -0.1) is 0 Å². The lowest BCUT2D eigenvalue weighted by Gasteiger charge is -2.41. The summed E-state index contributed by atoms with van der Waals surface area (Å²) in [6.07, 6.45) is 1.72. The van der Waals surface area contributed by atoms with Crippen LogP contribution in [0.1, 0.15) is 29.7 Å². The van der Waals surface area contributed by atoms with Gasteiger partial charge in [0.1, 0.15) is 5.75 Å². The van der Waals surface area contributed by atoms with Crippen LogP contribution in [-0.2, 0) is 12.8 Å². The van der Waals surface area contributed by atoms with Gasteiger partial charge >= 0.3 is 0 Å². The number of likely N-dealkylation sites (N-methyl/N-ethyl adjacent to an activating group) is 1. The van der Waals surface area contributed by atoms with Gasteiger partial charge in [0.25, 0.3) is 0 Å². The van der Waals surface area contributed by atoms with E-state index in [1.165, 1.54) is 5.56 Å². The van der Waals surface area contributed by atoms with Crippen molar-refractivity contribution in [3.05, 3.63) is 41.0 Å². The second kappa shape index (κ2) is 4.65. The number of rotatable bonds is 1. The number of hydrogen-bond acceptors (Lipinski definition) is 4. The van der Waals surface area contributed by atoms with Gasteiger partial charge in [0.05, 0.1) is 0 Å². The Balaban J connectivity index is 2.04. The maximum absolute atomic E-state index is 10.3. The summed E-state index contributed by atoms with van der Waals surface area (Å²) in [6.45, 7) is 4.12. The van der Waals surface area contributed by atoms with E-state index in [4.69, 9.17) is 0 Å². The summed E-state index contributed by atoms with van der Waals surface area (Å²) in [5, 5.41) is 30.2. The van der Waals surface area contributed by atoms with Crippen molar-refractivity contribution in [1.82, 2.24) is 4.90 Å². The summed E-state index contributed by atoms with van der Waals surface area (Å²) in [4.78, 5) is 2.44. The van der Waals surface area contributed by atoms with Crippen molar-refractivity contribution in [2.75, 3.05) is 13.1 Å². The highest BCUT2D eigenvalue weighted by atomic mass is 16.3. The second-order valence-electron chi connectivity index (χ2n) is 6.13. The Kier molecular flexibility index (Phi) is 2.84. The third-order valence-electron chi connectivity index (χ3n) is 5.02. The Morgan fingerprint density at radius 1 is 1.14 bits per heavy atom. The van der Waals surface area contributed by atoms with Crippen molar-refractivity contribution < 1.29 is 15.3 Å². The van der Waals surface area contributed by atoms with Crippen LogP contribution in [0.5, 0.6) is 17.2 Å². The van der Waals surface area contributed by atoms with E-state index >= 15 is 0 Å². The summed E-state index contributed by atoms with van der Waals surface area (Å²) in [5.74, 6) is 0.0165. The van der Waals surface area contributed by atoms with Crippen LogP contribution in [-0.4, -0.2) is 33.3 Å². The summed E-state index contributed by atoms with van der Waals surface area (Å²) in [7, 11) is 0. The normalized spacial score (nSPS) is 19.6. The van der Waals surface area contributed by atoms with E-state index in [1.807, 2.05) is 12.1 Å². The summed E-state index contributed by atoms with van der Waals surface area (Å²) < 4.78 is 0. The molecule has 114 valence electrons. The molecule has 1 aliphatic heterocycles. The molecule has 22 heavy (non-hydrogen) atoms. The predicted octanol–water partition coefficient (Wildman–Crippen LogP) is 2.95. The van der Waals surface area contributed by atoms with Gasteiger partial charge in [-0.25, -0.2) is 0 Å². The van der Waals surface area contributed by atoms with E-state index in [0.29, 0.717) is 5.56 Å². The molecule has 1 aliphatic carbocycles. The average molecular weight is 297 g/mol. The van der Waals surface area contributed by atoms with E-state index in [-0.39, 0.29) is 23.3 Å². The smallest absolute Gasteiger partial charge is 0.165 e. The van der Waals surface area contributed by atoms with Crippen molar-refractivity contribution in [3.63, 3.8) is 0 Å². The van der Waals surface area contributed by atoms with E-state index < -0.39 is 0 Å². The minimum absolute atomic E-state index is 0.0858. The van der Waals surface area contributed by atoms with E-state index in [0.717, 1.165) is 42.6 Å². The van der Waals surface area contributed by atoms with Gasteiger partial charge in [-0.3, -0.25) is 4.90 Å². The number of nitrogens with zero attached hydrogens (tertiary/aromatic N) is 1. The van der Waals surface area contributed by atoms with Crippen LogP contribution in [0.25, 0.3) is 11.1 Å². The molecule has 0 amide bonds. The van der Waals surface area contributed by atoms with Crippen molar-refractivity contribution in [2.45, 2.75) is 25.8 Å². The third kappa shape index (κ3) is 1.74. The lowest BCUT2D eigenvalue weighted by atomic mass is 9.76. The molecular formula is C18H19NO3. The molecule has 0 aromatic heterocycles. The molecule has 3 N–H and O–H groups in total. The Hall–Kier alpha value is -2.20. The Morgan fingerprint density at radius 3 is 2.73 bits per heavy atom. The molecule has 0 saturated carbocycles. The van der Waals surface area contributed by atoms with Crippen molar-refractivity contribution >= 4 is 0 Å². The molecular weight excluding hydrogens is 278 g/mol. The first-order chi connectivity index (χ1) is 10.6. The molecule has 1 unspecified atom stereocenters. The van der Waals surface area contributed by atoms with Gasteiger partial charge in [-0.2, -0.15) is 0 Å². The zero-order valence-corrected chi connectivity index (χ0v) is 12.5. The Morgan fingerprint density at radius 2 is 1.95 bits per heavy atom. The Labute approximate surface area is 129 Å². The highest BCUT2D eigenvalue weighted by molar-refractivity contribution is 5.83. The second-order valence-corrected chi connectivity index (χ2v) is 6.13. The van der Waals surface area contributed by atoms with Crippen LogP contribution < -0.4 is 0 Å². The van der Waals surface area contributed by atoms with Crippen LogP contribution in [0, 0.1) is 0 Å². The summed E-state index contributed by atoms with van der Waals surface area (Å²) in [5.41, 5.74) is 4.89. The van der Waals surface area contributed by atoms with Crippen molar-refractivity contribution in [2.24, 2.45) is 0 Å². The molecule has 4 nitrogen and oxygen atoms in total. The molecule has 1 atom stereocenters. The predicted molar refractivity (Wildman–Crippen MR) is 84.3 cm³/mol. The summed E-state index contributed by atoms with van der Waals surface area (Å²) >= 11 is 0. The molecule has 0 fully saturated rings. The maximum atomic E-state index is 10.3. The molecule has 4 heteroatoms. The van der Waals surface area contributed by atoms with E-state index in [9.17, 15) is 15.3 Å². The number of aromatic hydroxyl groups is 3. The first-order valence-electron chi connectivity index (χ1n) is 7.74. The first-order valence-corrected chi connectivity index (χ1v) is 7.74. The highest BCUT2D eigenvalue weighted by Gasteiger charge is 2.35. The quantitative estimate of drug-likeness (QED) is 0.708. The number of phenolic OH excluding ortho intramolecular Hbond substituents is 3. The van der Waals surface area contributed by atoms with Gasteiger partial charge in [0.15, 0.2) is 11.5 Å². The zero-order chi connectivity index (χ0) is 15.4. The van der Waals surface area contributed by atoms with Gasteiger partial charge < -0.3 is 15.3 Å². The van der Waals surface area contributed by atoms with Gasteiger partial charge in [0.2, 0.25) is 0 Å². The Bertz CT molecular complexity index is 769. The molecule has 4 rings (SSSR count). The largest absolute Gasteiger partial charge is 0.508 e. The number of hydrogen-bond donors (Lipinski definition) is 3. The summed E-state index contributed by atoms with van der Waals surface area (Å²) in [6, 6.07) is 7.24. The molecule has 0 radical (unpaired) electrons.